The molecule has 3 aromatic rings. The molecule has 0 aromatic carbocycles. The van der Waals surface area contributed by atoms with Crippen LogP contribution in [0.4, 0.5) is 0 Å². The highest BCUT2D eigenvalue weighted by atomic mass is 32.1. The highest BCUT2D eigenvalue weighted by Gasteiger charge is 2.15. The fraction of sp³-hybridized carbons (Fsp3) is 0.333. The monoisotopic (exact) mass is 332 g/mol. The molecular formula is C18H20S3. The van der Waals surface area contributed by atoms with E-state index in [1.807, 2.05) is 34.0 Å². The molecule has 0 bridgehead atoms. The van der Waals surface area contributed by atoms with E-state index < -0.39 is 0 Å². The lowest BCUT2D eigenvalue weighted by Crippen LogP contribution is -1.78. The predicted octanol–water partition coefficient (Wildman–Crippen LogP) is 6.89. The number of thiophene rings is 3. The first-order chi connectivity index (χ1) is 10.3. The molecule has 0 spiro atoms. The highest BCUT2D eigenvalue weighted by molar-refractivity contribution is 7.26. The summed E-state index contributed by atoms with van der Waals surface area (Å²) in [6, 6.07) is 7.05. The third-order valence-electron chi connectivity index (χ3n) is 3.83. The van der Waals surface area contributed by atoms with Gasteiger partial charge in [0.05, 0.1) is 0 Å². The maximum absolute atomic E-state index is 2.41. The summed E-state index contributed by atoms with van der Waals surface area (Å²) in [4.78, 5) is 5.83. The topological polar surface area (TPSA) is 0 Å². The SMILES string of the molecule is CCc1csc(-c2sc(-c3sccc3CC)cc2CC)c1. The Balaban J connectivity index is 2.06. The van der Waals surface area contributed by atoms with Gasteiger partial charge in [-0.3, -0.25) is 0 Å². The van der Waals surface area contributed by atoms with Crippen molar-refractivity contribution in [3.05, 3.63) is 45.6 Å². The van der Waals surface area contributed by atoms with Crippen LogP contribution in [0, 0.1) is 0 Å². The van der Waals surface area contributed by atoms with Crippen molar-refractivity contribution in [1.29, 1.82) is 0 Å². The minimum absolute atomic E-state index is 1.11. The van der Waals surface area contributed by atoms with Gasteiger partial charge in [-0.1, -0.05) is 20.8 Å². The van der Waals surface area contributed by atoms with Crippen LogP contribution in [-0.4, -0.2) is 0 Å². The summed E-state index contributed by atoms with van der Waals surface area (Å²) in [5.74, 6) is 0. The van der Waals surface area contributed by atoms with Gasteiger partial charge < -0.3 is 0 Å². The Morgan fingerprint density at radius 1 is 0.810 bits per heavy atom. The first-order valence-corrected chi connectivity index (χ1v) is 10.1. The number of aryl methyl sites for hydroxylation is 3. The van der Waals surface area contributed by atoms with Crippen molar-refractivity contribution in [1.82, 2.24) is 0 Å². The van der Waals surface area contributed by atoms with Crippen molar-refractivity contribution in [2.75, 3.05) is 0 Å². The smallest absolute Gasteiger partial charge is 0.0481 e. The van der Waals surface area contributed by atoms with Crippen LogP contribution in [0.2, 0.25) is 0 Å². The molecule has 0 saturated heterocycles. The second kappa shape index (κ2) is 6.47. The van der Waals surface area contributed by atoms with Gasteiger partial charge in [0.15, 0.2) is 0 Å². The molecular weight excluding hydrogens is 312 g/mol. The van der Waals surface area contributed by atoms with Gasteiger partial charge in [0.1, 0.15) is 0 Å². The Morgan fingerprint density at radius 3 is 2.29 bits per heavy atom. The predicted molar refractivity (Wildman–Crippen MR) is 99.1 cm³/mol. The third kappa shape index (κ3) is 2.87. The molecule has 0 aliphatic heterocycles. The van der Waals surface area contributed by atoms with E-state index in [1.165, 1.54) is 36.2 Å². The summed E-state index contributed by atoms with van der Waals surface area (Å²) in [5, 5.41) is 4.52. The van der Waals surface area contributed by atoms with Crippen molar-refractivity contribution in [3.63, 3.8) is 0 Å². The van der Waals surface area contributed by atoms with E-state index >= 15 is 0 Å². The van der Waals surface area contributed by atoms with Crippen LogP contribution in [0.3, 0.4) is 0 Å². The molecule has 3 aromatic heterocycles. The minimum Gasteiger partial charge on any atom is -0.143 e. The van der Waals surface area contributed by atoms with Crippen LogP contribution in [0.15, 0.2) is 29.0 Å². The van der Waals surface area contributed by atoms with Gasteiger partial charge in [-0.25, -0.2) is 0 Å². The zero-order chi connectivity index (χ0) is 14.8. The third-order valence-corrected chi connectivity index (χ3v) is 7.30. The minimum atomic E-state index is 1.11. The van der Waals surface area contributed by atoms with Gasteiger partial charge in [0.25, 0.3) is 0 Å². The zero-order valence-corrected chi connectivity index (χ0v) is 15.2. The van der Waals surface area contributed by atoms with E-state index in [4.69, 9.17) is 0 Å². The van der Waals surface area contributed by atoms with Crippen molar-refractivity contribution in [2.24, 2.45) is 0 Å². The average molecular weight is 333 g/mol. The maximum Gasteiger partial charge on any atom is 0.0481 e. The number of hydrogen-bond donors (Lipinski definition) is 0. The summed E-state index contributed by atoms with van der Waals surface area (Å²) in [6.07, 6.45) is 3.35. The molecule has 110 valence electrons. The molecule has 0 atom stereocenters. The summed E-state index contributed by atoms with van der Waals surface area (Å²) in [7, 11) is 0. The first kappa shape index (κ1) is 15.0. The largest absolute Gasteiger partial charge is 0.143 e. The van der Waals surface area contributed by atoms with Crippen LogP contribution >= 0.6 is 34.0 Å². The maximum atomic E-state index is 2.41. The summed E-state index contributed by atoms with van der Waals surface area (Å²) in [5.41, 5.74) is 4.43. The Kier molecular flexibility index (Phi) is 4.63. The lowest BCUT2D eigenvalue weighted by molar-refractivity contribution is 1.15. The first-order valence-electron chi connectivity index (χ1n) is 7.54. The molecule has 0 aliphatic rings. The molecule has 0 radical (unpaired) electrons. The molecule has 0 amide bonds. The van der Waals surface area contributed by atoms with Crippen LogP contribution in [0.1, 0.15) is 37.5 Å². The Labute approximate surface area is 139 Å². The standard InChI is InChI=1S/C18H20S3/c1-4-12-9-15(20-11-12)18-14(6-3)10-16(21-18)17-13(5-2)7-8-19-17/h7-11H,4-6H2,1-3H3. The molecule has 3 rings (SSSR count). The quantitative estimate of drug-likeness (QED) is 0.477. The second-order valence-corrected chi connectivity index (χ2v) is 8.00. The molecule has 0 unspecified atom stereocenters. The highest BCUT2D eigenvalue weighted by Crippen LogP contribution is 2.43. The van der Waals surface area contributed by atoms with Gasteiger partial charge in [0.2, 0.25) is 0 Å². The second-order valence-electron chi connectivity index (χ2n) is 5.12. The number of hydrogen-bond acceptors (Lipinski definition) is 3. The normalized spacial score (nSPS) is 11.2. The Bertz CT molecular complexity index is 727. The lowest BCUT2D eigenvalue weighted by atomic mass is 10.1. The van der Waals surface area contributed by atoms with Crippen molar-refractivity contribution in [3.8, 4) is 19.5 Å². The Morgan fingerprint density at radius 2 is 1.62 bits per heavy atom. The molecule has 0 aliphatic carbocycles. The summed E-state index contributed by atoms with van der Waals surface area (Å²) in [6.45, 7) is 6.73. The zero-order valence-electron chi connectivity index (χ0n) is 12.7. The van der Waals surface area contributed by atoms with Crippen molar-refractivity contribution >= 4 is 34.0 Å². The van der Waals surface area contributed by atoms with Gasteiger partial charge in [-0.2, -0.15) is 0 Å². The molecule has 3 heterocycles. The molecule has 0 nitrogen and oxygen atoms in total. The van der Waals surface area contributed by atoms with Crippen molar-refractivity contribution < 1.29 is 0 Å². The van der Waals surface area contributed by atoms with Crippen LogP contribution in [-0.2, 0) is 19.3 Å². The molecule has 21 heavy (non-hydrogen) atoms. The van der Waals surface area contributed by atoms with E-state index in [0.717, 1.165) is 19.3 Å². The number of rotatable bonds is 5. The van der Waals surface area contributed by atoms with E-state index in [0.29, 0.717) is 0 Å². The molecule has 0 saturated carbocycles. The molecule has 3 heteroatoms. The van der Waals surface area contributed by atoms with E-state index in [2.05, 4.69) is 49.7 Å². The van der Waals surface area contributed by atoms with Crippen molar-refractivity contribution in [2.45, 2.75) is 40.0 Å². The summed E-state index contributed by atoms with van der Waals surface area (Å²) >= 11 is 5.74. The molecule has 0 fully saturated rings. The van der Waals surface area contributed by atoms with E-state index in [-0.39, 0.29) is 0 Å². The van der Waals surface area contributed by atoms with Gasteiger partial charge in [-0.05, 0) is 64.9 Å². The van der Waals surface area contributed by atoms with Crippen LogP contribution < -0.4 is 0 Å². The van der Waals surface area contributed by atoms with E-state index in [1.54, 1.807) is 0 Å². The fourth-order valence-electron chi connectivity index (χ4n) is 2.52. The fourth-order valence-corrected chi connectivity index (χ4v) is 6.08. The lowest BCUT2D eigenvalue weighted by Gasteiger charge is -1.97. The van der Waals surface area contributed by atoms with Gasteiger partial charge >= 0.3 is 0 Å². The average Bonchev–Trinajstić information content (AvgIpc) is 3.23. The Hall–Kier alpha value is -0.900. The van der Waals surface area contributed by atoms with E-state index in [9.17, 15) is 0 Å². The van der Waals surface area contributed by atoms with Gasteiger partial charge in [0, 0.05) is 19.5 Å². The summed E-state index contributed by atoms with van der Waals surface area (Å²) < 4.78 is 0. The molecule has 0 N–H and O–H groups in total. The van der Waals surface area contributed by atoms with Crippen LogP contribution in [0.5, 0.6) is 0 Å². The van der Waals surface area contributed by atoms with Gasteiger partial charge in [-0.15, -0.1) is 34.0 Å². The van der Waals surface area contributed by atoms with Crippen LogP contribution in [0.25, 0.3) is 19.5 Å².